The molecule has 1 aromatic rings. The Bertz CT molecular complexity index is 670. The SMILES string of the molecule is CCOc1cc(/C=C2\SC(=O)NC2=O)cc([N+](=O)[O-])c1[O-]. The molecule has 110 valence electrons. The van der Waals surface area contributed by atoms with Gasteiger partial charge in [0.05, 0.1) is 16.4 Å². The summed E-state index contributed by atoms with van der Waals surface area (Å²) in [5.41, 5.74) is -0.417. The Morgan fingerprint density at radius 1 is 1.43 bits per heavy atom. The Kier molecular flexibility index (Phi) is 4.13. The summed E-state index contributed by atoms with van der Waals surface area (Å²) in [5, 5.41) is 24.2. The van der Waals surface area contributed by atoms with Crippen LogP contribution in [0.25, 0.3) is 6.08 Å². The van der Waals surface area contributed by atoms with E-state index in [1.54, 1.807) is 6.92 Å². The van der Waals surface area contributed by atoms with Crippen molar-refractivity contribution >= 4 is 34.7 Å². The van der Waals surface area contributed by atoms with Crippen LogP contribution < -0.4 is 15.2 Å². The van der Waals surface area contributed by atoms with Crippen molar-refractivity contribution in [3.8, 4) is 11.5 Å². The number of rotatable bonds is 4. The van der Waals surface area contributed by atoms with E-state index in [9.17, 15) is 24.8 Å². The van der Waals surface area contributed by atoms with Crippen molar-refractivity contribution in [2.45, 2.75) is 6.92 Å². The van der Waals surface area contributed by atoms with Crippen LogP contribution in [0.2, 0.25) is 0 Å². The minimum absolute atomic E-state index is 0.0930. The topological polar surface area (TPSA) is 122 Å². The van der Waals surface area contributed by atoms with Crippen LogP contribution in [0.1, 0.15) is 12.5 Å². The van der Waals surface area contributed by atoms with Gasteiger partial charge in [-0.2, -0.15) is 0 Å². The van der Waals surface area contributed by atoms with Crippen LogP contribution in [0.3, 0.4) is 0 Å². The fourth-order valence-corrected chi connectivity index (χ4v) is 2.34. The Labute approximate surface area is 122 Å². The maximum absolute atomic E-state index is 11.8. The highest BCUT2D eigenvalue weighted by atomic mass is 32.2. The lowest BCUT2D eigenvalue weighted by molar-refractivity contribution is -0.398. The van der Waals surface area contributed by atoms with E-state index in [1.165, 1.54) is 12.1 Å². The molecular weight excluding hydrogens is 300 g/mol. The van der Waals surface area contributed by atoms with Crippen molar-refractivity contribution < 1.29 is 24.4 Å². The van der Waals surface area contributed by atoms with Crippen molar-refractivity contribution in [2.75, 3.05) is 6.61 Å². The van der Waals surface area contributed by atoms with Crippen LogP contribution in [0, 0.1) is 10.1 Å². The first-order valence-electron chi connectivity index (χ1n) is 5.79. The molecule has 0 radical (unpaired) electrons. The molecule has 0 bridgehead atoms. The molecule has 1 N–H and O–H groups in total. The van der Waals surface area contributed by atoms with Gasteiger partial charge in [0.25, 0.3) is 16.8 Å². The van der Waals surface area contributed by atoms with Gasteiger partial charge in [0.1, 0.15) is 5.75 Å². The molecule has 9 heteroatoms. The highest BCUT2D eigenvalue weighted by molar-refractivity contribution is 8.18. The minimum Gasteiger partial charge on any atom is -0.865 e. The number of benzene rings is 1. The third-order valence-corrected chi connectivity index (χ3v) is 3.30. The smallest absolute Gasteiger partial charge is 0.290 e. The zero-order valence-corrected chi connectivity index (χ0v) is 11.6. The maximum atomic E-state index is 11.8. The quantitative estimate of drug-likeness (QED) is 0.506. The van der Waals surface area contributed by atoms with E-state index < -0.39 is 27.5 Å². The Balaban J connectivity index is 2.49. The van der Waals surface area contributed by atoms with Crippen molar-refractivity contribution in [1.82, 2.24) is 5.32 Å². The predicted molar refractivity (Wildman–Crippen MR) is 72.8 cm³/mol. The molecule has 0 saturated carbocycles. The molecule has 1 heterocycles. The standard InChI is InChI=1S/C12H10N2O6S/c1-2-20-8-4-6(3-7(10(8)15)14(18)19)5-9-11(16)13-12(17)21-9/h3-5,15H,2H2,1H3,(H,13,16,17)/p-1/b9-5-. The molecule has 1 aromatic carbocycles. The third-order valence-electron chi connectivity index (χ3n) is 2.49. The molecule has 0 spiro atoms. The number of thioether (sulfide) groups is 1. The molecule has 8 nitrogen and oxygen atoms in total. The fraction of sp³-hybridized carbons (Fsp3) is 0.167. The second-order valence-corrected chi connectivity index (χ2v) is 4.92. The van der Waals surface area contributed by atoms with Gasteiger partial charge < -0.3 is 9.84 Å². The summed E-state index contributed by atoms with van der Waals surface area (Å²) in [4.78, 5) is 32.6. The van der Waals surface area contributed by atoms with Gasteiger partial charge in [-0.15, -0.1) is 0 Å². The summed E-state index contributed by atoms with van der Waals surface area (Å²) in [7, 11) is 0. The molecule has 0 unspecified atom stereocenters. The average Bonchev–Trinajstić information content (AvgIpc) is 2.71. The van der Waals surface area contributed by atoms with Crippen molar-refractivity contribution in [3.63, 3.8) is 0 Å². The number of amides is 2. The van der Waals surface area contributed by atoms with Gasteiger partial charge >= 0.3 is 0 Å². The first-order chi connectivity index (χ1) is 9.92. The van der Waals surface area contributed by atoms with Gasteiger partial charge in [-0.3, -0.25) is 25.0 Å². The minimum atomic E-state index is -0.830. The first kappa shape index (κ1) is 14.9. The zero-order chi connectivity index (χ0) is 15.6. The molecule has 2 amide bonds. The molecule has 1 fully saturated rings. The van der Waals surface area contributed by atoms with Gasteiger partial charge in [0.15, 0.2) is 0 Å². The number of nitrogens with zero attached hydrogens (tertiary/aromatic N) is 1. The number of nitro groups is 1. The van der Waals surface area contributed by atoms with Gasteiger partial charge in [-0.05, 0) is 36.4 Å². The van der Waals surface area contributed by atoms with Crippen molar-refractivity contribution in [2.24, 2.45) is 0 Å². The third kappa shape index (κ3) is 3.14. The van der Waals surface area contributed by atoms with Gasteiger partial charge in [0, 0.05) is 11.8 Å². The van der Waals surface area contributed by atoms with Crippen LogP contribution >= 0.6 is 11.8 Å². The fourth-order valence-electron chi connectivity index (χ4n) is 1.66. The van der Waals surface area contributed by atoms with Crippen LogP contribution in [0.5, 0.6) is 11.5 Å². The lowest BCUT2D eigenvalue weighted by Gasteiger charge is -2.14. The zero-order valence-electron chi connectivity index (χ0n) is 10.7. The molecule has 0 aliphatic carbocycles. The molecule has 21 heavy (non-hydrogen) atoms. The van der Waals surface area contributed by atoms with E-state index in [-0.39, 0.29) is 22.8 Å². The number of nitro benzene ring substituents is 1. The van der Waals surface area contributed by atoms with Crippen LogP contribution in [0.15, 0.2) is 17.0 Å². The largest absolute Gasteiger partial charge is 0.865 e. The van der Waals surface area contributed by atoms with E-state index in [4.69, 9.17) is 4.74 Å². The summed E-state index contributed by atoms with van der Waals surface area (Å²) < 4.78 is 5.06. The van der Waals surface area contributed by atoms with Crippen molar-refractivity contribution in [3.05, 3.63) is 32.7 Å². The number of carbonyl (C=O) groups is 2. The molecule has 1 saturated heterocycles. The number of carbonyl (C=O) groups excluding carboxylic acids is 2. The van der Waals surface area contributed by atoms with E-state index >= 15 is 0 Å². The van der Waals surface area contributed by atoms with Gasteiger partial charge in [-0.25, -0.2) is 0 Å². The lowest BCUT2D eigenvalue weighted by Crippen LogP contribution is -2.17. The average molecular weight is 309 g/mol. The number of imide groups is 1. The van der Waals surface area contributed by atoms with Crippen molar-refractivity contribution in [1.29, 1.82) is 0 Å². The summed E-state index contributed by atoms with van der Waals surface area (Å²) >= 11 is 0.679. The highest BCUT2D eigenvalue weighted by Gasteiger charge is 2.25. The molecular formula is C12H9N2O6S-. The number of hydrogen-bond acceptors (Lipinski definition) is 7. The Hall–Kier alpha value is -2.55. The summed E-state index contributed by atoms with van der Waals surface area (Å²) in [6.07, 6.45) is 1.29. The number of ether oxygens (including phenoxy) is 1. The monoisotopic (exact) mass is 309 g/mol. The van der Waals surface area contributed by atoms with E-state index in [0.29, 0.717) is 11.8 Å². The van der Waals surface area contributed by atoms with Crippen LogP contribution in [0.4, 0.5) is 10.5 Å². The number of hydrogen-bond donors (Lipinski definition) is 1. The van der Waals surface area contributed by atoms with E-state index in [1.807, 2.05) is 0 Å². The second kappa shape index (κ2) is 5.83. The maximum Gasteiger partial charge on any atom is 0.290 e. The first-order valence-corrected chi connectivity index (χ1v) is 6.61. The van der Waals surface area contributed by atoms with Crippen LogP contribution in [-0.2, 0) is 4.79 Å². The van der Waals surface area contributed by atoms with E-state index in [2.05, 4.69) is 5.32 Å². The predicted octanol–water partition coefficient (Wildman–Crippen LogP) is 1.39. The summed E-state index contributed by atoms with van der Waals surface area (Å²) in [6.45, 7) is 1.80. The normalized spacial score (nSPS) is 16.1. The second-order valence-electron chi connectivity index (χ2n) is 3.91. The Morgan fingerprint density at radius 3 is 2.67 bits per heavy atom. The molecule has 2 rings (SSSR count). The highest BCUT2D eigenvalue weighted by Crippen LogP contribution is 2.36. The number of nitrogens with one attached hydrogen (secondary N) is 1. The molecule has 1 aliphatic heterocycles. The molecule has 0 aromatic heterocycles. The van der Waals surface area contributed by atoms with Crippen LogP contribution in [-0.4, -0.2) is 22.7 Å². The molecule has 1 aliphatic rings. The summed E-state index contributed by atoms with van der Waals surface area (Å²) in [6, 6.07) is 2.33. The van der Waals surface area contributed by atoms with Gasteiger partial charge in [-0.1, -0.05) is 0 Å². The van der Waals surface area contributed by atoms with Gasteiger partial charge in [0.2, 0.25) is 0 Å². The lowest BCUT2D eigenvalue weighted by atomic mass is 10.1. The van der Waals surface area contributed by atoms with E-state index in [0.717, 1.165) is 6.07 Å². The summed E-state index contributed by atoms with van der Waals surface area (Å²) in [5.74, 6) is -1.59. The molecule has 0 atom stereocenters. The Morgan fingerprint density at radius 2 is 2.14 bits per heavy atom.